The molecule has 0 bridgehead atoms. The SMILES string of the molecule is c1ccc(-c2nc(-c3ccc(-c4ccc5ccccc5c4)cc3)nc(-c3cccc4c3oc3c5ccccc5c(-c5ccccc5)cc43)n2)cc1. The lowest BCUT2D eigenvalue weighted by Gasteiger charge is -2.10. The molecule has 0 spiro atoms. The predicted octanol–water partition coefficient (Wildman–Crippen LogP) is 12.4. The number of hydrogen-bond acceptors (Lipinski definition) is 4. The fraction of sp³-hybridized carbons (Fsp3) is 0. The maximum atomic E-state index is 6.83. The molecular formula is C47H29N3O. The van der Waals surface area contributed by atoms with Crippen LogP contribution in [-0.2, 0) is 0 Å². The first-order valence-corrected chi connectivity index (χ1v) is 17.1. The Bertz CT molecular complexity index is 2900. The summed E-state index contributed by atoms with van der Waals surface area (Å²) in [5, 5.41) is 6.76. The van der Waals surface area contributed by atoms with Crippen LogP contribution in [0.1, 0.15) is 0 Å². The third-order valence-electron chi connectivity index (χ3n) is 9.72. The van der Waals surface area contributed by atoms with E-state index in [2.05, 4.69) is 140 Å². The molecule has 0 radical (unpaired) electrons. The second kappa shape index (κ2) is 11.9. The van der Waals surface area contributed by atoms with Gasteiger partial charge in [-0.05, 0) is 56.6 Å². The van der Waals surface area contributed by atoms with Gasteiger partial charge in [-0.1, -0.05) is 158 Å². The van der Waals surface area contributed by atoms with Crippen LogP contribution in [-0.4, -0.2) is 15.0 Å². The second-order valence-corrected chi connectivity index (χ2v) is 12.8. The van der Waals surface area contributed by atoms with Crippen LogP contribution in [0.5, 0.6) is 0 Å². The summed E-state index contributed by atoms with van der Waals surface area (Å²) in [6.07, 6.45) is 0. The minimum Gasteiger partial charge on any atom is -0.455 e. The molecular weight excluding hydrogens is 623 g/mol. The van der Waals surface area contributed by atoms with Crippen molar-refractivity contribution >= 4 is 43.5 Å². The van der Waals surface area contributed by atoms with Crippen molar-refractivity contribution < 1.29 is 4.42 Å². The Hall–Kier alpha value is -6.91. The van der Waals surface area contributed by atoms with Crippen molar-refractivity contribution in [2.45, 2.75) is 0 Å². The molecule has 2 aromatic heterocycles. The van der Waals surface area contributed by atoms with E-state index in [9.17, 15) is 0 Å². The van der Waals surface area contributed by atoms with Gasteiger partial charge in [0.2, 0.25) is 0 Å². The number of fused-ring (bicyclic) bond motifs is 6. The van der Waals surface area contributed by atoms with Gasteiger partial charge in [0.25, 0.3) is 0 Å². The fourth-order valence-corrected chi connectivity index (χ4v) is 7.17. The molecule has 0 aliphatic carbocycles. The van der Waals surface area contributed by atoms with Crippen LogP contribution < -0.4 is 0 Å². The van der Waals surface area contributed by atoms with Gasteiger partial charge in [-0.3, -0.25) is 0 Å². The van der Waals surface area contributed by atoms with E-state index in [1.165, 1.54) is 27.5 Å². The summed E-state index contributed by atoms with van der Waals surface area (Å²) in [6, 6.07) is 61.1. The van der Waals surface area contributed by atoms with E-state index < -0.39 is 0 Å². The summed E-state index contributed by atoms with van der Waals surface area (Å²) >= 11 is 0. The molecule has 4 heteroatoms. The van der Waals surface area contributed by atoms with Crippen LogP contribution in [0.15, 0.2) is 180 Å². The highest BCUT2D eigenvalue weighted by molar-refractivity contribution is 6.20. The number of para-hydroxylation sites is 1. The first-order chi connectivity index (χ1) is 25.3. The van der Waals surface area contributed by atoms with Gasteiger partial charge in [-0.2, -0.15) is 0 Å². The molecule has 8 aromatic carbocycles. The summed E-state index contributed by atoms with van der Waals surface area (Å²) in [7, 11) is 0. The molecule has 0 unspecified atom stereocenters. The molecule has 0 fully saturated rings. The highest BCUT2D eigenvalue weighted by Crippen LogP contribution is 2.42. The zero-order valence-corrected chi connectivity index (χ0v) is 27.5. The number of benzene rings is 8. The summed E-state index contributed by atoms with van der Waals surface area (Å²) in [4.78, 5) is 15.2. The molecule has 0 atom stereocenters. The number of furan rings is 1. The highest BCUT2D eigenvalue weighted by atomic mass is 16.3. The van der Waals surface area contributed by atoms with E-state index in [-0.39, 0.29) is 0 Å². The van der Waals surface area contributed by atoms with Crippen molar-refractivity contribution in [3.63, 3.8) is 0 Å². The average Bonchev–Trinajstić information content (AvgIpc) is 3.60. The Labute approximate surface area is 294 Å². The number of nitrogens with zero attached hydrogens (tertiary/aromatic N) is 3. The van der Waals surface area contributed by atoms with E-state index in [0.717, 1.165) is 55.0 Å². The highest BCUT2D eigenvalue weighted by Gasteiger charge is 2.20. The molecule has 51 heavy (non-hydrogen) atoms. The normalized spacial score (nSPS) is 11.5. The molecule has 0 saturated carbocycles. The third-order valence-corrected chi connectivity index (χ3v) is 9.72. The minimum atomic E-state index is 0.565. The lowest BCUT2D eigenvalue weighted by molar-refractivity contribution is 0.673. The van der Waals surface area contributed by atoms with Gasteiger partial charge in [-0.15, -0.1) is 0 Å². The quantitative estimate of drug-likeness (QED) is 0.186. The van der Waals surface area contributed by atoms with Crippen molar-refractivity contribution in [3.8, 4) is 56.4 Å². The lowest BCUT2D eigenvalue weighted by Crippen LogP contribution is -2.00. The van der Waals surface area contributed by atoms with Gasteiger partial charge in [0.15, 0.2) is 17.5 Å². The van der Waals surface area contributed by atoms with E-state index in [4.69, 9.17) is 19.4 Å². The topological polar surface area (TPSA) is 51.8 Å². The molecule has 2 heterocycles. The molecule has 0 N–H and O–H groups in total. The zero-order chi connectivity index (χ0) is 33.7. The molecule has 0 aliphatic rings. The predicted molar refractivity (Wildman–Crippen MR) is 209 cm³/mol. The summed E-state index contributed by atoms with van der Waals surface area (Å²) in [6.45, 7) is 0. The van der Waals surface area contributed by atoms with Gasteiger partial charge in [0.1, 0.15) is 11.2 Å². The van der Waals surface area contributed by atoms with Crippen LogP contribution in [0.25, 0.3) is 99.9 Å². The van der Waals surface area contributed by atoms with E-state index >= 15 is 0 Å². The Kier molecular flexibility index (Phi) is 6.78. The summed E-state index contributed by atoms with van der Waals surface area (Å²) in [5.41, 5.74) is 8.91. The van der Waals surface area contributed by atoms with Crippen molar-refractivity contribution in [1.29, 1.82) is 0 Å². The second-order valence-electron chi connectivity index (χ2n) is 12.8. The molecule has 0 saturated heterocycles. The number of hydrogen-bond donors (Lipinski definition) is 0. The fourth-order valence-electron chi connectivity index (χ4n) is 7.17. The van der Waals surface area contributed by atoms with Gasteiger partial charge in [0, 0.05) is 27.3 Å². The lowest BCUT2D eigenvalue weighted by atomic mass is 9.95. The zero-order valence-electron chi connectivity index (χ0n) is 27.5. The first kappa shape index (κ1) is 29.0. The van der Waals surface area contributed by atoms with Crippen LogP contribution in [0.4, 0.5) is 0 Å². The Morgan fingerprint density at radius 3 is 1.61 bits per heavy atom. The Balaban J connectivity index is 1.14. The van der Waals surface area contributed by atoms with Crippen LogP contribution in [0.3, 0.4) is 0 Å². The smallest absolute Gasteiger partial charge is 0.167 e. The Morgan fingerprint density at radius 2 is 0.843 bits per heavy atom. The maximum Gasteiger partial charge on any atom is 0.167 e. The summed E-state index contributed by atoms with van der Waals surface area (Å²) in [5.74, 6) is 1.78. The minimum absolute atomic E-state index is 0.565. The molecule has 10 rings (SSSR count). The van der Waals surface area contributed by atoms with Gasteiger partial charge < -0.3 is 4.42 Å². The summed E-state index contributed by atoms with van der Waals surface area (Å²) < 4.78 is 6.83. The number of rotatable bonds is 5. The molecule has 0 amide bonds. The molecule has 10 aromatic rings. The average molecular weight is 652 g/mol. The van der Waals surface area contributed by atoms with Gasteiger partial charge in [-0.25, -0.2) is 15.0 Å². The van der Waals surface area contributed by atoms with Gasteiger partial charge >= 0.3 is 0 Å². The standard InChI is InChI=1S/C47H29N3O/c1-3-13-32(14-4-1)41-29-42-39-20-11-21-40(43(39)51-44(42)38-19-10-9-18-37(38)41)47-49-45(33-15-5-2-6-16-33)48-46(50-47)34-25-22-31(23-26-34)36-27-24-30-12-7-8-17-35(30)28-36/h1-29H. The van der Waals surface area contributed by atoms with Crippen LogP contribution in [0.2, 0.25) is 0 Å². The maximum absolute atomic E-state index is 6.83. The first-order valence-electron chi connectivity index (χ1n) is 17.1. The largest absolute Gasteiger partial charge is 0.455 e. The van der Waals surface area contributed by atoms with E-state index in [1.807, 2.05) is 36.4 Å². The van der Waals surface area contributed by atoms with E-state index in [0.29, 0.717) is 17.5 Å². The molecule has 0 aliphatic heterocycles. The van der Waals surface area contributed by atoms with Crippen molar-refractivity contribution in [2.24, 2.45) is 0 Å². The van der Waals surface area contributed by atoms with Crippen LogP contribution in [0, 0.1) is 0 Å². The third kappa shape index (κ3) is 5.04. The molecule has 238 valence electrons. The van der Waals surface area contributed by atoms with Crippen molar-refractivity contribution in [1.82, 2.24) is 15.0 Å². The molecule has 4 nitrogen and oxygen atoms in total. The Morgan fingerprint density at radius 1 is 0.294 bits per heavy atom. The van der Waals surface area contributed by atoms with Gasteiger partial charge in [0.05, 0.1) is 5.56 Å². The van der Waals surface area contributed by atoms with Crippen molar-refractivity contribution in [2.75, 3.05) is 0 Å². The monoisotopic (exact) mass is 651 g/mol. The number of aromatic nitrogens is 3. The van der Waals surface area contributed by atoms with Crippen LogP contribution >= 0.6 is 0 Å². The van der Waals surface area contributed by atoms with Crippen molar-refractivity contribution in [3.05, 3.63) is 176 Å². The van der Waals surface area contributed by atoms with E-state index in [1.54, 1.807) is 0 Å².